The Bertz CT molecular complexity index is 633. The van der Waals surface area contributed by atoms with Crippen LogP contribution >= 0.6 is 0 Å². The van der Waals surface area contributed by atoms with Gasteiger partial charge in [-0.2, -0.15) is 8.78 Å². The van der Waals surface area contributed by atoms with E-state index >= 15 is 0 Å². The van der Waals surface area contributed by atoms with E-state index in [0.29, 0.717) is 13.1 Å². The summed E-state index contributed by atoms with van der Waals surface area (Å²) in [5.41, 5.74) is 0. The molecule has 0 aliphatic carbocycles. The summed E-state index contributed by atoms with van der Waals surface area (Å²) in [5, 5.41) is 3.27. The quantitative estimate of drug-likeness (QED) is 0.812. The van der Waals surface area contributed by atoms with Gasteiger partial charge in [0.2, 0.25) is 15.8 Å². The monoisotopic (exact) mass is 330 g/mol. The number of nitrogens with one attached hydrogen (secondary N) is 1. The summed E-state index contributed by atoms with van der Waals surface area (Å²) < 4.78 is 47.6. The van der Waals surface area contributed by atoms with E-state index in [1.54, 1.807) is 12.2 Å². The van der Waals surface area contributed by atoms with Crippen LogP contribution in [-0.2, 0) is 9.84 Å². The van der Waals surface area contributed by atoms with Crippen LogP contribution in [0.5, 0.6) is 0 Å². The first kappa shape index (κ1) is 16.5. The van der Waals surface area contributed by atoms with Gasteiger partial charge >= 0.3 is 5.76 Å². The molecule has 1 saturated heterocycles. The van der Waals surface area contributed by atoms with E-state index in [2.05, 4.69) is 28.4 Å². The number of nitrogens with zero attached hydrogens (tertiary/aromatic N) is 3. The molecule has 2 heterocycles. The van der Waals surface area contributed by atoms with Gasteiger partial charge in [-0.05, 0) is 0 Å². The smallest absolute Gasteiger partial charge is 0.337 e. The highest BCUT2D eigenvalue weighted by molar-refractivity contribution is 7.91. The van der Waals surface area contributed by atoms with Gasteiger partial charge in [0.15, 0.2) is 0 Å². The normalized spacial score (nSPS) is 22.6. The number of anilines is 1. The minimum absolute atomic E-state index is 0.00942. The molecule has 0 bridgehead atoms. The Labute approximate surface area is 127 Å². The number of alkyl halides is 2. The third-order valence-electron chi connectivity index (χ3n) is 3.29. The molecule has 1 N–H and O–H groups in total. The Morgan fingerprint density at radius 3 is 2.14 bits per heavy atom. The lowest BCUT2D eigenvalue weighted by molar-refractivity contribution is 0.234. The Morgan fingerprint density at radius 2 is 1.73 bits per heavy atom. The summed E-state index contributed by atoms with van der Waals surface area (Å²) >= 11 is 0. The minimum atomic E-state index is -4.68. The van der Waals surface area contributed by atoms with Gasteiger partial charge in [0, 0.05) is 25.2 Å². The van der Waals surface area contributed by atoms with Crippen molar-refractivity contribution in [1.82, 2.24) is 15.3 Å². The van der Waals surface area contributed by atoms with Crippen LogP contribution in [-0.4, -0.2) is 49.3 Å². The second-order valence-corrected chi connectivity index (χ2v) is 6.70. The number of hydrogen-bond acceptors (Lipinski definition) is 6. The number of rotatable bonds is 5. The highest BCUT2D eigenvalue weighted by Crippen LogP contribution is 2.19. The molecule has 1 aliphatic heterocycles. The van der Waals surface area contributed by atoms with E-state index in [1.165, 1.54) is 0 Å². The van der Waals surface area contributed by atoms with E-state index in [9.17, 15) is 17.2 Å². The standard InChI is InChI=1S/C13H16F2N4O2S/c1-3-9-7-19(8-10(4-2)18-9)13-16-5-11(6-17-13)22(20,21)12(14)15/h3-6,9-10,12,18H,1-2,7-8H2/t9-,10+. The fraction of sp³-hybridized carbons (Fsp3) is 0.385. The van der Waals surface area contributed by atoms with Crippen LogP contribution in [0.1, 0.15) is 0 Å². The van der Waals surface area contributed by atoms with Gasteiger partial charge in [0.05, 0.1) is 12.4 Å². The van der Waals surface area contributed by atoms with Gasteiger partial charge in [-0.3, -0.25) is 0 Å². The second-order valence-electron chi connectivity index (χ2n) is 4.78. The predicted octanol–water partition coefficient (Wildman–Crippen LogP) is 0.992. The lowest BCUT2D eigenvalue weighted by Crippen LogP contribution is -2.55. The highest BCUT2D eigenvalue weighted by atomic mass is 32.2. The first-order valence-corrected chi connectivity index (χ1v) is 8.03. The summed E-state index contributed by atoms with van der Waals surface area (Å²) in [5.74, 6) is -3.22. The molecule has 2 rings (SSSR count). The van der Waals surface area contributed by atoms with Crippen LogP contribution < -0.4 is 10.2 Å². The van der Waals surface area contributed by atoms with Crippen molar-refractivity contribution in [3.8, 4) is 0 Å². The van der Waals surface area contributed by atoms with E-state index in [-0.39, 0.29) is 18.0 Å². The molecule has 0 radical (unpaired) electrons. The summed E-state index contributed by atoms with van der Waals surface area (Å²) in [6.45, 7) is 8.51. The zero-order valence-electron chi connectivity index (χ0n) is 11.7. The summed E-state index contributed by atoms with van der Waals surface area (Å²) in [6.07, 6.45) is 5.27. The largest absolute Gasteiger partial charge is 0.341 e. The van der Waals surface area contributed by atoms with E-state index in [1.807, 2.05) is 4.90 Å². The summed E-state index contributed by atoms with van der Waals surface area (Å²) in [7, 11) is -4.68. The Balaban J connectivity index is 2.23. The van der Waals surface area contributed by atoms with E-state index in [0.717, 1.165) is 12.4 Å². The Morgan fingerprint density at radius 1 is 1.23 bits per heavy atom. The van der Waals surface area contributed by atoms with Crippen LogP contribution in [0.15, 0.2) is 42.6 Å². The molecule has 0 spiro atoms. The Kier molecular flexibility index (Phi) is 4.87. The molecule has 0 saturated carbocycles. The van der Waals surface area contributed by atoms with Crippen molar-refractivity contribution in [1.29, 1.82) is 0 Å². The summed E-state index contributed by atoms with van der Waals surface area (Å²) in [6, 6.07) is -0.0188. The van der Waals surface area contributed by atoms with Gasteiger partial charge in [0.1, 0.15) is 4.90 Å². The fourth-order valence-electron chi connectivity index (χ4n) is 2.10. The molecule has 1 aromatic heterocycles. The zero-order chi connectivity index (χ0) is 16.3. The van der Waals surface area contributed by atoms with E-state index < -0.39 is 20.5 Å². The molecule has 0 amide bonds. The average molecular weight is 330 g/mol. The number of sulfone groups is 1. The average Bonchev–Trinajstić information content (AvgIpc) is 2.54. The number of halogens is 2. The van der Waals surface area contributed by atoms with Crippen LogP contribution in [0.3, 0.4) is 0 Å². The first-order chi connectivity index (χ1) is 10.4. The lowest BCUT2D eigenvalue weighted by atomic mass is 10.1. The molecule has 22 heavy (non-hydrogen) atoms. The number of piperazine rings is 1. The van der Waals surface area contributed by atoms with Crippen molar-refractivity contribution in [2.75, 3.05) is 18.0 Å². The van der Waals surface area contributed by atoms with Gasteiger partial charge in [-0.1, -0.05) is 12.2 Å². The molecule has 0 aromatic carbocycles. The maximum absolute atomic E-state index is 12.5. The molecule has 1 aliphatic rings. The Hall–Kier alpha value is -1.87. The molecular formula is C13H16F2N4O2S. The zero-order valence-corrected chi connectivity index (χ0v) is 12.5. The van der Waals surface area contributed by atoms with Crippen molar-refractivity contribution in [2.45, 2.75) is 22.7 Å². The first-order valence-electron chi connectivity index (χ1n) is 6.48. The number of aromatic nitrogens is 2. The maximum Gasteiger partial charge on any atom is 0.341 e. The van der Waals surface area contributed by atoms with Gasteiger partial charge < -0.3 is 10.2 Å². The van der Waals surface area contributed by atoms with Gasteiger partial charge in [-0.15, -0.1) is 13.2 Å². The molecule has 6 nitrogen and oxygen atoms in total. The van der Waals surface area contributed by atoms with Crippen molar-refractivity contribution < 1.29 is 17.2 Å². The van der Waals surface area contributed by atoms with Crippen molar-refractivity contribution in [3.05, 3.63) is 37.7 Å². The molecule has 120 valence electrons. The third-order valence-corrected chi connectivity index (χ3v) is 4.63. The summed E-state index contributed by atoms with van der Waals surface area (Å²) in [4.78, 5) is 9.01. The molecule has 0 unspecified atom stereocenters. The third kappa shape index (κ3) is 3.30. The molecular weight excluding hydrogens is 314 g/mol. The van der Waals surface area contributed by atoms with E-state index in [4.69, 9.17) is 0 Å². The van der Waals surface area contributed by atoms with Crippen LogP contribution in [0, 0.1) is 0 Å². The predicted molar refractivity (Wildman–Crippen MR) is 78.5 cm³/mol. The fourth-order valence-corrected chi connectivity index (χ4v) is 2.71. The SMILES string of the molecule is C=C[C@@H]1CN(c2ncc(S(=O)(=O)C(F)F)cn2)C[C@H](C=C)N1. The molecule has 1 aromatic rings. The van der Waals surface area contributed by atoms with Crippen molar-refractivity contribution >= 4 is 15.8 Å². The number of hydrogen-bond donors (Lipinski definition) is 1. The minimum Gasteiger partial charge on any atom is -0.337 e. The molecule has 1 fully saturated rings. The van der Waals surface area contributed by atoms with Crippen LogP contribution in [0.2, 0.25) is 0 Å². The van der Waals surface area contributed by atoms with Crippen molar-refractivity contribution in [2.24, 2.45) is 0 Å². The maximum atomic E-state index is 12.5. The highest BCUT2D eigenvalue weighted by Gasteiger charge is 2.29. The van der Waals surface area contributed by atoms with Crippen molar-refractivity contribution in [3.63, 3.8) is 0 Å². The van der Waals surface area contributed by atoms with Gasteiger partial charge in [0.25, 0.3) is 0 Å². The van der Waals surface area contributed by atoms with Crippen LogP contribution in [0.25, 0.3) is 0 Å². The van der Waals surface area contributed by atoms with Gasteiger partial charge in [-0.25, -0.2) is 18.4 Å². The molecule has 2 atom stereocenters. The molecule has 9 heteroatoms. The second kappa shape index (κ2) is 6.49. The topological polar surface area (TPSA) is 75.2 Å². The lowest BCUT2D eigenvalue weighted by Gasteiger charge is -2.36. The van der Waals surface area contributed by atoms with Crippen LogP contribution in [0.4, 0.5) is 14.7 Å².